The number of rotatable bonds is 3. The highest BCUT2D eigenvalue weighted by Crippen LogP contribution is 2.26. The highest BCUT2D eigenvalue weighted by molar-refractivity contribution is 9.10. The van der Waals surface area contributed by atoms with Gasteiger partial charge < -0.3 is 5.73 Å². The molecule has 2 N–H and O–H groups in total. The van der Waals surface area contributed by atoms with Crippen molar-refractivity contribution in [2.24, 2.45) is 0 Å². The maximum absolute atomic E-state index is 13.4. The van der Waals surface area contributed by atoms with Crippen molar-refractivity contribution in [1.29, 1.82) is 0 Å². The van der Waals surface area contributed by atoms with Crippen molar-refractivity contribution >= 4 is 31.5 Å². The Bertz CT molecular complexity index is 760. The summed E-state index contributed by atoms with van der Waals surface area (Å²) in [6.07, 6.45) is 0. The van der Waals surface area contributed by atoms with E-state index in [0.717, 1.165) is 0 Å². The van der Waals surface area contributed by atoms with E-state index >= 15 is 0 Å². The van der Waals surface area contributed by atoms with Gasteiger partial charge in [0.25, 0.3) is 0 Å². The number of anilines is 1. The summed E-state index contributed by atoms with van der Waals surface area (Å²) in [5, 5.41) is 0. The van der Waals surface area contributed by atoms with Crippen molar-refractivity contribution in [1.82, 2.24) is 0 Å². The van der Waals surface area contributed by atoms with Crippen molar-refractivity contribution in [3.05, 3.63) is 57.8 Å². The van der Waals surface area contributed by atoms with E-state index in [4.69, 9.17) is 5.73 Å². The molecule has 0 amide bonds. The molecule has 2 aromatic rings. The van der Waals surface area contributed by atoms with E-state index in [1.165, 1.54) is 24.3 Å². The Kier molecular flexibility index (Phi) is 4.15. The Morgan fingerprint density at radius 3 is 2.60 bits per heavy atom. The summed E-state index contributed by atoms with van der Waals surface area (Å²) in [5.41, 5.74) is 7.30. The van der Waals surface area contributed by atoms with Crippen molar-refractivity contribution in [3.63, 3.8) is 0 Å². The molecule has 0 saturated carbocycles. The summed E-state index contributed by atoms with van der Waals surface area (Å²) in [4.78, 5) is 0.181. The van der Waals surface area contributed by atoms with Gasteiger partial charge >= 0.3 is 0 Å². The zero-order chi connectivity index (χ0) is 14.9. The van der Waals surface area contributed by atoms with Crippen LogP contribution < -0.4 is 5.73 Å². The van der Waals surface area contributed by atoms with Crippen molar-refractivity contribution < 1.29 is 12.8 Å². The van der Waals surface area contributed by atoms with Crippen LogP contribution in [0.15, 0.2) is 45.8 Å². The highest BCUT2D eigenvalue weighted by atomic mass is 79.9. The lowest BCUT2D eigenvalue weighted by molar-refractivity contribution is 0.594. The third-order valence-electron chi connectivity index (χ3n) is 2.98. The summed E-state index contributed by atoms with van der Waals surface area (Å²) in [7, 11) is -3.54. The summed E-state index contributed by atoms with van der Waals surface area (Å²) >= 11 is 3.07. The minimum absolute atomic E-state index is 0.177. The minimum Gasteiger partial charge on any atom is -0.399 e. The van der Waals surface area contributed by atoms with Gasteiger partial charge in [-0.05, 0) is 58.2 Å². The predicted octanol–water partition coefficient (Wildman–Crippen LogP) is 3.45. The zero-order valence-corrected chi connectivity index (χ0v) is 13.1. The van der Waals surface area contributed by atoms with Gasteiger partial charge in [0.1, 0.15) is 5.82 Å². The topological polar surface area (TPSA) is 60.2 Å². The Morgan fingerprint density at radius 2 is 1.95 bits per heavy atom. The van der Waals surface area contributed by atoms with E-state index in [0.29, 0.717) is 16.8 Å². The first-order chi connectivity index (χ1) is 9.31. The van der Waals surface area contributed by atoms with Gasteiger partial charge in [0.15, 0.2) is 9.84 Å². The molecule has 0 aliphatic rings. The fourth-order valence-corrected chi connectivity index (χ4v) is 3.83. The first kappa shape index (κ1) is 15.0. The molecule has 0 aromatic heterocycles. The summed E-state index contributed by atoms with van der Waals surface area (Å²) in [5.74, 6) is -0.750. The first-order valence-electron chi connectivity index (χ1n) is 5.83. The normalized spacial score (nSPS) is 11.6. The average molecular weight is 358 g/mol. The maximum atomic E-state index is 13.4. The van der Waals surface area contributed by atoms with Crippen LogP contribution in [0.3, 0.4) is 0 Å². The molecule has 0 fully saturated rings. The monoisotopic (exact) mass is 357 g/mol. The number of hydrogen-bond donors (Lipinski definition) is 1. The third-order valence-corrected chi connectivity index (χ3v) is 5.53. The molecule has 0 unspecified atom stereocenters. The van der Waals surface area contributed by atoms with Crippen molar-refractivity contribution in [3.8, 4) is 0 Å². The minimum atomic E-state index is -3.54. The molecule has 2 rings (SSSR count). The van der Waals surface area contributed by atoms with Crippen molar-refractivity contribution in [2.75, 3.05) is 5.73 Å². The Balaban J connectivity index is 2.41. The number of sulfone groups is 1. The quantitative estimate of drug-likeness (QED) is 0.855. The smallest absolute Gasteiger partial charge is 0.182 e. The standard InChI is InChI=1S/C14H13BrFNO2S/c1-9-7-11(5-6-13(9)17)20(18,19)8-10-3-2-4-12(16)14(10)15/h2-7H,8,17H2,1H3. The lowest BCUT2D eigenvalue weighted by atomic mass is 10.2. The van der Waals surface area contributed by atoms with Gasteiger partial charge in [-0.25, -0.2) is 12.8 Å². The zero-order valence-electron chi connectivity index (χ0n) is 10.7. The van der Waals surface area contributed by atoms with Gasteiger partial charge in [-0.1, -0.05) is 12.1 Å². The SMILES string of the molecule is Cc1cc(S(=O)(=O)Cc2cccc(F)c2Br)ccc1N. The van der Waals surface area contributed by atoms with Crippen LogP contribution in [0.2, 0.25) is 0 Å². The highest BCUT2D eigenvalue weighted by Gasteiger charge is 2.18. The Morgan fingerprint density at radius 1 is 1.25 bits per heavy atom. The van der Waals surface area contributed by atoms with E-state index in [9.17, 15) is 12.8 Å². The van der Waals surface area contributed by atoms with Crippen LogP contribution in [0.5, 0.6) is 0 Å². The van der Waals surface area contributed by atoms with Gasteiger partial charge in [0.2, 0.25) is 0 Å². The fourth-order valence-electron chi connectivity index (χ4n) is 1.79. The molecule has 0 spiro atoms. The van der Waals surface area contributed by atoms with E-state index in [1.54, 1.807) is 19.1 Å². The molecule has 0 saturated heterocycles. The molecule has 20 heavy (non-hydrogen) atoms. The lowest BCUT2D eigenvalue weighted by Crippen LogP contribution is -2.07. The third kappa shape index (κ3) is 3.02. The molecule has 0 bridgehead atoms. The van der Waals surface area contributed by atoms with E-state index < -0.39 is 15.7 Å². The molecule has 6 heteroatoms. The van der Waals surface area contributed by atoms with E-state index in [1.807, 2.05) is 0 Å². The molecule has 0 aliphatic carbocycles. The number of aryl methyl sites for hydroxylation is 1. The molecule has 106 valence electrons. The second kappa shape index (κ2) is 5.54. The van der Waals surface area contributed by atoms with E-state index in [2.05, 4.69) is 15.9 Å². The summed E-state index contributed by atoms with van der Waals surface area (Å²) in [6.45, 7) is 1.74. The summed E-state index contributed by atoms with van der Waals surface area (Å²) in [6, 6.07) is 8.88. The van der Waals surface area contributed by atoms with Gasteiger partial charge in [-0.2, -0.15) is 0 Å². The number of halogens is 2. The van der Waals surface area contributed by atoms with E-state index in [-0.39, 0.29) is 15.1 Å². The van der Waals surface area contributed by atoms with Gasteiger partial charge in [-0.3, -0.25) is 0 Å². The molecule has 0 atom stereocenters. The van der Waals surface area contributed by atoms with Crippen LogP contribution in [0.1, 0.15) is 11.1 Å². The Labute approximate surface area is 125 Å². The molecule has 0 radical (unpaired) electrons. The second-order valence-electron chi connectivity index (χ2n) is 4.49. The average Bonchev–Trinajstić information content (AvgIpc) is 2.38. The first-order valence-corrected chi connectivity index (χ1v) is 8.27. The fraction of sp³-hybridized carbons (Fsp3) is 0.143. The molecule has 0 aliphatic heterocycles. The van der Waals surface area contributed by atoms with Gasteiger partial charge in [-0.15, -0.1) is 0 Å². The number of nitrogens with two attached hydrogens (primary N) is 1. The molecule has 0 heterocycles. The molecular formula is C14H13BrFNO2S. The van der Waals surface area contributed by atoms with Crippen molar-refractivity contribution in [2.45, 2.75) is 17.6 Å². The molecular weight excluding hydrogens is 345 g/mol. The second-order valence-corrected chi connectivity index (χ2v) is 7.27. The van der Waals surface area contributed by atoms with Crippen LogP contribution in [-0.4, -0.2) is 8.42 Å². The van der Waals surface area contributed by atoms with Crippen LogP contribution in [0, 0.1) is 12.7 Å². The number of hydrogen-bond acceptors (Lipinski definition) is 3. The molecule has 2 aromatic carbocycles. The van der Waals surface area contributed by atoms with Crippen LogP contribution in [-0.2, 0) is 15.6 Å². The Hall–Kier alpha value is -1.40. The molecule has 3 nitrogen and oxygen atoms in total. The van der Waals surface area contributed by atoms with Crippen LogP contribution in [0.4, 0.5) is 10.1 Å². The number of nitrogen functional groups attached to an aromatic ring is 1. The lowest BCUT2D eigenvalue weighted by Gasteiger charge is -2.09. The predicted molar refractivity (Wildman–Crippen MR) is 80.6 cm³/mol. The van der Waals surface area contributed by atoms with Gasteiger partial charge in [0, 0.05) is 5.69 Å². The summed E-state index contributed by atoms with van der Waals surface area (Å²) < 4.78 is 38.3. The van der Waals surface area contributed by atoms with Crippen LogP contribution in [0.25, 0.3) is 0 Å². The maximum Gasteiger partial charge on any atom is 0.182 e. The number of benzene rings is 2. The van der Waals surface area contributed by atoms with Crippen LogP contribution >= 0.6 is 15.9 Å². The largest absolute Gasteiger partial charge is 0.399 e. The van der Waals surface area contributed by atoms with Gasteiger partial charge in [0.05, 0.1) is 15.1 Å².